The molecule has 0 spiro atoms. The van der Waals surface area contributed by atoms with Crippen LogP contribution in [0.4, 0.5) is 5.69 Å². The monoisotopic (exact) mass is 197 g/mol. The Bertz CT molecular complexity index is 534. The lowest BCUT2D eigenvalue weighted by Gasteiger charge is -2.05. The molecule has 74 valence electrons. The Balaban J connectivity index is 2.39. The van der Waals surface area contributed by atoms with Crippen LogP contribution in [0.5, 0.6) is 0 Å². The van der Waals surface area contributed by atoms with Gasteiger partial charge < -0.3 is 10.8 Å². The summed E-state index contributed by atoms with van der Waals surface area (Å²) >= 11 is 0. The molecule has 2 heteroatoms. The number of nitrogens with two attached hydrogens (primary N) is 1. The van der Waals surface area contributed by atoms with Gasteiger partial charge in [0.15, 0.2) is 0 Å². The molecular formula is C13H11NO. The first-order valence-electron chi connectivity index (χ1n) is 4.95. The van der Waals surface area contributed by atoms with Crippen molar-refractivity contribution in [1.82, 2.24) is 0 Å². The molecule has 0 amide bonds. The van der Waals surface area contributed by atoms with E-state index in [4.69, 9.17) is 5.73 Å². The summed E-state index contributed by atoms with van der Waals surface area (Å²) in [5.74, 6) is 0. The number of fused-ring (bicyclic) bond motifs is 3. The Labute approximate surface area is 88.0 Å². The molecular weight excluding hydrogens is 186 g/mol. The van der Waals surface area contributed by atoms with Gasteiger partial charge in [0.05, 0.1) is 0 Å². The van der Waals surface area contributed by atoms with Gasteiger partial charge in [-0.2, -0.15) is 0 Å². The maximum Gasteiger partial charge on any atom is 0.105 e. The summed E-state index contributed by atoms with van der Waals surface area (Å²) in [5.41, 5.74) is 10.6. The minimum Gasteiger partial charge on any atom is -0.398 e. The highest BCUT2D eigenvalue weighted by Gasteiger charge is 2.27. The fraction of sp³-hybridized carbons (Fsp3) is 0.0769. The van der Waals surface area contributed by atoms with E-state index < -0.39 is 6.10 Å². The third-order valence-electron chi connectivity index (χ3n) is 2.95. The second-order valence-corrected chi connectivity index (χ2v) is 3.80. The van der Waals surface area contributed by atoms with Gasteiger partial charge in [-0.1, -0.05) is 36.4 Å². The topological polar surface area (TPSA) is 46.2 Å². The third kappa shape index (κ3) is 1.02. The van der Waals surface area contributed by atoms with Gasteiger partial charge in [-0.25, -0.2) is 0 Å². The zero-order valence-electron chi connectivity index (χ0n) is 8.14. The fourth-order valence-electron chi connectivity index (χ4n) is 2.26. The van der Waals surface area contributed by atoms with E-state index in [1.54, 1.807) is 0 Å². The zero-order valence-corrected chi connectivity index (χ0v) is 8.14. The lowest BCUT2D eigenvalue weighted by Crippen LogP contribution is -1.94. The van der Waals surface area contributed by atoms with E-state index in [-0.39, 0.29) is 0 Å². The Morgan fingerprint density at radius 3 is 2.53 bits per heavy atom. The zero-order chi connectivity index (χ0) is 10.4. The van der Waals surface area contributed by atoms with Crippen LogP contribution in [0, 0.1) is 0 Å². The number of nitrogen functional groups attached to an aromatic ring is 1. The van der Waals surface area contributed by atoms with Crippen LogP contribution in [0.25, 0.3) is 11.1 Å². The Morgan fingerprint density at radius 2 is 1.67 bits per heavy atom. The second kappa shape index (κ2) is 2.84. The average molecular weight is 197 g/mol. The summed E-state index contributed by atoms with van der Waals surface area (Å²) in [4.78, 5) is 0. The number of hydrogen-bond acceptors (Lipinski definition) is 2. The summed E-state index contributed by atoms with van der Waals surface area (Å²) < 4.78 is 0. The second-order valence-electron chi connectivity index (χ2n) is 3.80. The van der Waals surface area contributed by atoms with Crippen LogP contribution in [0.15, 0.2) is 42.5 Å². The summed E-state index contributed by atoms with van der Waals surface area (Å²) in [7, 11) is 0. The van der Waals surface area contributed by atoms with E-state index in [0.29, 0.717) is 0 Å². The first-order valence-corrected chi connectivity index (χ1v) is 4.95. The summed E-state index contributed by atoms with van der Waals surface area (Å²) in [5, 5.41) is 10.1. The summed E-state index contributed by atoms with van der Waals surface area (Å²) in [6, 6.07) is 13.5. The van der Waals surface area contributed by atoms with Gasteiger partial charge in [-0.3, -0.25) is 0 Å². The van der Waals surface area contributed by atoms with Gasteiger partial charge in [-0.15, -0.1) is 0 Å². The Morgan fingerprint density at radius 1 is 0.933 bits per heavy atom. The maximum absolute atomic E-state index is 10.1. The van der Waals surface area contributed by atoms with Crippen LogP contribution in [0.3, 0.4) is 0 Å². The largest absolute Gasteiger partial charge is 0.398 e. The molecule has 2 aromatic carbocycles. The number of benzene rings is 2. The number of anilines is 1. The molecule has 0 heterocycles. The molecule has 1 aliphatic carbocycles. The van der Waals surface area contributed by atoms with Crippen molar-refractivity contribution in [3.63, 3.8) is 0 Å². The van der Waals surface area contributed by atoms with Crippen LogP contribution < -0.4 is 5.73 Å². The van der Waals surface area contributed by atoms with Gasteiger partial charge in [0, 0.05) is 11.3 Å². The van der Waals surface area contributed by atoms with E-state index in [1.165, 1.54) is 0 Å². The van der Waals surface area contributed by atoms with Crippen LogP contribution in [-0.2, 0) is 0 Å². The highest BCUT2D eigenvalue weighted by Crippen LogP contribution is 2.45. The molecule has 0 bridgehead atoms. The van der Waals surface area contributed by atoms with Gasteiger partial charge in [-0.05, 0) is 22.8 Å². The third-order valence-corrected chi connectivity index (χ3v) is 2.95. The van der Waals surface area contributed by atoms with Gasteiger partial charge in [0.2, 0.25) is 0 Å². The molecule has 15 heavy (non-hydrogen) atoms. The van der Waals surface area contributed by atoms with Crippen molar-refractivity contribution in [3.05, 3.63) is 53.6 Å². The number of aliphatic hydroxyl groups excluding tert-OH is 1. The van der Waals surface area contributed by atoms with Crippen molar-refractivity contribution in [1.29, 1.82) is 0 Å². The maximum atomic E-state index is 10.1. The van der Waals surface area contributed by atoms with Crippen molar-refractivity contribution >= 4 is 5.69 Å². The molecule has 0 aliphatic heterocycles. The molecule has 0 fully saturated rings. The van der Waals surface area contributed by atoms with Gasteiger partial charge >= 0.3 is 0 Å². The smallest absolute Gasteiger partial charge is 0.105 e. The SMILES string of the molecule is Nc1cccc2c1-c1ccccc1C2O. The quantitative estimate of drug-likeness (QED) is 0.637. The Hall–Kier alpha value is -1.80. The lowest BCUT2D eigenvalue weighted by atomic mass is 10.0. The predicted molar refractivity (Wildman–Crippen MR) is 60.4 cm³/mol. The van der Waals surface area contributed by atoms with E-state index >= 15 is 0 Å². The van der Waals surface area contributed by atoms with Crippen molar-refractivity contribution in [2.24, 2.45) is 0 Å². The van der Waals surface area contributed by atoms with E-state index in [9.17, 15) is 5.11 Å². The van der Waals surface area contributed by atoms with E-state index in [0.717, 1.165) is 27.9 Å². The first kappa shape index (κ1) is 8.50. The minimum atomic E-state index is -0.528. The standard InChI is InChI=1S/C13H11NO/c14-11-7-3-6-10-12(11)8-4-1-2-5-9(8)13(10)15/h1-7,13,15H,14H2. The molecule has 2 aromatic rings. The van der Waals surface area contributed by atoms with Crippen LogP contribution in [0.2, 0.25) is 0 Å². The van der Waals surface area contributed by atoms with Gasteiger partial charge in [0.25, 0.3) is 0 Å². The fourth-order valence-corrected chi connectivity index (χ4v) is 2.26. The average Bonchev–Trinajstić information content (AvgIpc) is 2.55. The highest BCUT2D eigenvalue weighted by molar-refractivity contribution is 5.86. The number of aliphatic hydroxyl groups is 1. The molecule has 2 nitrogen and oxygen atoms in total. The molecule has 1 unspecified atom stereocenters. The van der Waals surface area contributed by atoms with Gasteiger partial charge in [0.1, 0.15) is 6.10 Å². The number of hydrogen-bond donors (Lipinski definition) is 2. The highest BCUT2D eigenvalue weighted by atomic mass is 16.3. The molecule has 1 atom stereocenters. The summed E-state index contributed by atoms with van der Waals surface area (Å²) in [6.07, 6.45) is -0.528. The van der Waals surface area contributed by atoms with Crippen LogP contribution >= 0.6 is 0 Å². The van der Waals surface area contributed by atoms with Crippen molar-refractivity contribution in [2.75, 3.05) is 5.73 Å². The normalized spacial score (nSPS) is 17.3. The Kier molecular flexibility index (Phi) is 1.61. The molecule has 0 radical (unpaired) electrons. The summed E-state index contributed by atoms with van der Waals surface area (Å²) in [6.45, 7) is 0. The molecule has 0 saturated heterocycles. The molecule has 0 saturated carbocycles. The van der Waals surface area contributed by atoms with Crippen molar-refractivity contribution in [2.45, 2.75) is 6.10 Å². The minimum absolute atomic E-state index is 0.528. The van der Waals surface area contributed by atoms with E-state index in [2.05, 4.69) is 0 Å². The predicted octanol–water partition coefficient (Wildman–Crippen LogP) is 2.33. The van der Waals surface area contributed by atoms with Crippen LogP contribution in [-0.4, -0.2) is 5.11 Å². The molecule has 3 rings (SSSR count). The van der Waals surface area contributed by atoms with E-state index in [1.807, 2.05) is 42.5 Å². The molecule has 0 aromatic heterocycles. The first-order chi connectivity index (χ1) is 7.29. The molecule has 3 N–H and O–H groups in total. The number of rotatable bonds is 0. The molecule has 1 aliphatic rings. The van der Waals surface area contributed by atoms with Crippen molar-refractivity contribution in [3.8, 4) is 11.1 Å². The lowest BCUT2D eigenvalue weighted by molar-refractivity contribution is 0.225. The van der Waals surface area contributed by atoms with Crippen LogP contribution in [0.1, 0.15) is 17.2 Å². The van der Waals surface area contributed by atoms with Crippen molar-refractivity contribution < 1.29 is 5.11 Å².